The molecular weight excluding hydrogens is 218 g/mol. The molecule has 0 fully saturated rings. The Balaban J connectivity index is 2.26. The Morgan fingerprint density at radius 3 is 2.38 bits per heavy atom. The molecule has 0 heterocycles. The van der Waals surface area contributed by atoms with Crippen molar-refractivity contribution in [1.82, 2.24) is 5.32 Å². The van der Waals surface area contributed by atoms with Gasteiger partial charge in [-0.05, 0) is 49.9 Å². The molecule has 0 spiro atoms. The molecule has 0 saturated carbocycles. The van der Waals surface area contributed by atoms with Gasteiger partial charge in [-0.3, -0.25) is 0 Å². The molecule has 0 radical (unpaired) electrons. The van der Waals surface area contributed by atoms with Gasteiger partial charge < -0.3 is 5.32 Å². The fraction of sp³-hybridized carbons (Fsp3) is 0.571. The average molecular weight is 240 g/mol. The highest BCUT2D eigenvalue weighted by atomic mass is 35.5. The molecule has 1 aromatic carbocycles. The molecule has 1 nitrogen and oxygen atoms in total. The Labute approximate surface area is 104 Å². The van der Waals surface area contributed by atoms with E-state index in [2.05, 4.69) is 37.4 Å². The summed E-state index contributed by atoms with van der Waals surface area (Å²) in [6.45, 7) is 6.43. The second-order valence-corrected chi connectivity index (χ2v) is 4.67. The predicted molar refractivity (Wildman–Crippen MR) is 72.2 cm³/mol. The van der Waals surface area contributed by atoms with Gasteiger partial charge in [0, 0.05) is 12.4 Å². The zero-order chi connectivity index (χ0) is 11.8. The molecule has 1 rings (SSSR count). The Morgan fingerprint density at radius 2 is 1.75 bits per heavy atom. The van der Waals surface area contributed by atoms with E-state index < -0.39 is 0 Å². The van der Waals surface area contributed by atoms with Crippen molar-refractivity contribution in [2.24, 2.45) is 0 Å². The monoisotopic (exact) mass is 239 g/mol. The summed E-state index contributed by atoms with van der Waals surface area (Å²) < 4.78 is 0. The van der Waals surface area contributed by atoms with E-state index in [-0.39, 0.29) is 0 Å². The Bertz CT molecular complexity index is 289. The van der Waals surface area contributed by atoms with E-state index in [4.69, 9.17) is 11.6 Å². The lowest BCUT2D eigenvalue weighted by atomic mass is 10.0. The summed E-state index contributed by atoms with van der Waals surface area (Å²) in [7, 11) is 0. The lowest BCUT2D eigenvalue weighted by Crippen LogP contribution is -2.16. The molecule has 0 atom stereocenters. The van der Waals surface area contributed by atoms with Crippen molar-refractivity contribution >= 4 is 11.6 Å². The van der Waals surface area contributed by atoms with Crippen molar-refractivity contribution < 1.29 is 0 Å². The summed E-state index contributed by atoms with van der Waals surface area (Å²) in [5.74, 6) is 0.789. The summed E-state index contributed by atoms with van der Waals surface area (Å²) >= 11 is 5.63. The van der Waals surface area contributed by atoms with Crippen molar-refractivity contribution in [3.05, 3.63) is 34.9 Å². The van der Waals surface area contributed by atoms with Gasteiger partial charge in [0.1, 0.15) is 0 Å². The quantitative estimate of drug-likeness (QED) is 0.564. The minimum Gasteiger partial charge on any atom is -0.313 e. The van der Waals surface area contributed by atoms with Crippen molar-refractivity contribution in [2.45, 2.75) is 39.7 Å². The summed E-state index contributed by atoms with van der Waals surface area (Å²) in [4.78, 5) is 0. The number of unbranched alkanes of at least 4 members (excludes halogenated alkanes) is 2. The first-order valence-corrected chi connectivity index (χ1v) is 6.61. The maximum absolute atomic E-state index is 5.63. The standard InChI is InChI=1S/C14H22ClN/c1-12-7-6-8-13(2)14(12)11-16-10-5-3-4-9-15/h6-8,16H,3-5,9-11H2,1-2H3. The Morgan fingerprint density at radius 1 is 1.06 bits per heavy atom. The van der Waals surface area contributed by atoms with E-state index in [1.165, 1.54) is 29.5 Å². The van der Waals surface area contributed by atoms with Crippen LogP contribution in [-0.4, -0.2) is 12.4 Å². The number of nitrogens with one attached hydrogen (secondary N) is 1. The molecule has 0 unspecified atom stereocenters. The van der Waals surface area contributed by atoms with Crippen LogP contribution in [0.3, 0.4) is 0 Å². The van der Waals surface area contributed by atoms with Gasteiger partial charge in [-0.25, -0.2) is 0 Å². The molecular formula is C14H22ClN. The van der Waals surface area contributed by atoms with Crippen LogP contribution in [0.2, 0.25) is 0 Å². The second-order valence-electron chi connectivity index (χ2n) is 4.30. The van der Waals surface area contributed by atoms with Crippen molar-refractivity contribution in [1.29, 1.82) is 0 Å². The first kappa shape index (κ1) is 13.5. The average Bonchev–Trinajstić information content (AvgIpc) is 2.26. The van der Waals surface area contributed by atoms with E-state index >= 15 is 0 Å². The molecule has 0 saturated heterocycles. The lowest BCUT2D eigenvalue weighted by molar-refractivity contribution is 0.615. The van der Waals surface area contributed by atoms with E-state index in [9.17, 15) is 0 Å². The molecule has 0 bridgehead atoms. The van der Waals surface area contributed by atoms with E-state index in [0.717, 1.165) is 25.4 Å². The van der Waals surface area contributed by atoms with Crippen LogP contribution in [0.1, 0.15) is 36.0 Å². The largest absolute Gasteiger partial charge is 0.313 e. The zero-order valence-corrected chi connectivity index (χ0v) is 11.1. The van der Waals surface area contributed by atoms with E-state index in [0.29, 0.717) is 0 Å². The topological polar surface area (TPSA) is 12.0 Å². The predicted octanol–water partition coefficient (Wildman–Crippen LogP) is 3.80. The summed E-state index contributed by atoms with van der Waals surface area (Å²) in [6, 6.07) is 6.48. The number of hydrogen-bond acceptors (Lipinski definition) is 1. The highest BCUT2D eigenvalue weighted by Crippen LogP contribution is 2.12. The summed E-state index contributed by atoms with van der Waals surface area (Å²) in [6.07, 6.45) is 3.58. The van der Waals surface area contributed by atoms with Crippen LogP contribution in [0.4, 0.5) is 0 Å². The molecule has 0 aliphatic rings. The number of alkyl halides is 1. The number of benzene rings is 1. The minimum absolute atomic E-state index is 0.789. The van der Waals surface area contributed by atoms with Crippen LogP contribution >= 0.6 is 11.6 Å². The molecule has 0 aliphatic heterocycles. The van der Waals surface area contributed by atoms with Crippen molar-refractivity contribution in [3.8, 4) is 0 Å². The van der Waals surface area contributed by atoms with Crippen molar-refractivity contribution in [3.63, 3.8) is 0 Å². The molecule has 90 valence electrons. The highest BCUT2D eigenvalue weighted by Gasteiger charge is 2.00. The maximum Gasteiger partial charge on any atom is 0.0223 e. The molecule has 2 heteroatoms. The Kier molecular flexibility index (Phi) is 6.51. The zero-order valence-electron chi connectivity index (χ0n) is 10.4. The fourth-order valence-corrected chi connectivity index (χ4v) is 2.05. The molecule has 1 N–H and O–H groups in total. The number of rotatable bonds is 7. The summed E-state index contributed by atoms with van der Waals surface area (Å²) in [5.41, 5.74) is 4.21. The third-order valence-corrected chi connectivity index (χ3v) is 3.20. The highest BCUT2D eigenvalue weighted by molar-refractivity contribution is 6.17. The third-order valence-electron chi connectivity index (χ3n) is 2.93. The Hall–Kier alpha value is -0.530. The van der Waals surface area contributed by atoms with E-state index in [1.807, 2.05) is 0 Å². The van der Waals surface area contributed by atoms with Crippen LogP contribution in [0.5, 0.6) is 0 Å². The van der Waals surface area contributed by atoms with Gasteiger partial charge in [0.2, 0.25) is 0 Å². The van der Waals surface area contributed by atoms with Crippen molar-refractivity contribution in [2.75, 3.05) is 12.4 Å². The van der Waals surface area contributed by atoms with Crippen LogP contribution in [0.25, 0.3) is 0 Å². The number of hydrogen-bond donors (Lipinski definition) is 1. The van der Waals surface area contributed by atoms with Gasteiger partial charge in [0.05, 0.1) is 0 Å². The van der Waals surface area contributed by atoms with Crippen LogP contribution in [0.15, 0.2) is 18.2 Å². The van der Waals surface area contributed by atoms with Gasteiger partial charge in [0.15, 0.2) is 0 Å². The van der Waals surface area contributed by atoms with Crippen LogP contribution < -0.4 is 5.32 Å². The smallest absolute Gasteiger partial charge is 0.0223 e. The molecule has 0 aliphatic carbocycles. The number of aryl methyl sites for hydroxylation is 2. The minimum atomic E-state index is 0.789. The maximum atomic E-state index is 5.63. The number of halogens is 1. The lowest BCUT2D eigenvalue weighted by Gasteiger charge is -2.10. The van der Waals surface area contributed by atoms with Gasteiger partial charge in [-0.1, -0.05) is 24.6 Å². The fourth-order valence-electron chi connectivity index (χ4n) is 1.86. The first-order chi connectivity index (χ1) is 7.75. The molecule has 16 heavy (non-hydrogen) atoms. The van der Waals surface area contributed by atoms with Gasteiger partial charge in [-0.2, -0.15) is 0 Å². The van der Waals surface area contributed by atoms with E-state index in [1.54, 1.807) is 0 Å². The van der Waals surface area contributed by atoms with Crippen LogP contribution in [0, 0.1) is 13.8 Å². The molecule has 0 aromatic heterocycles. The third kappa shape index (κ3) is 4.54. The van der Waals surface area contributed by atoms with Crippen LogP contribution in [-0.2, 0) is 6.54 Å². The van der Waals surface area contributed by atoms with Gasteiger partial charge >= 0.3 is 0 Å². The van der Waals surface area contributed by atoms with Gasteiger partial charge in [-0.15, -0.1) is 11.6 Å². The summed E-state index contributed by atoms with van der Waals surface area (Å²) in [5, 5.41) is 3.50. The SMILES string of the molecule is Cc1cccc(C)c1CNCCCCCCl. The second kappa shape index (κ2) is 7.70. The van der Waals surface area contributed by atoms with Gasteiger partial charge in [0.25, 0.3) is 0 Å². The molecule has 0 amide bonds. The first-order valence-electron chi connectivity index (χ1n) is 6.07. The normalized spacial score (nSPS) is 10.7. The molecule has 1 aromatic rings.